The molecule has 23 heteroatoms. The molecule has 0 saturated carbocycles. The Morgan fingerprint density at radius 1 is 0.656 bits per heavy atom. The summed E-state index contributed by atoms with van der Waals surface area (Å²) < 4.78 is 26.3. The highest BCUT2D eigenvalue weighted by Crippen LogP contribution is 2.23. The molecule has 2 heterocycles. The smallest absolute Gasteiger partial charge is 0.480 e. The minimum Gasteiger partial charge on any atom is -0.480 e. The molecule has 0 bridgehead atoms. The molecule has 4 amide bonds. The molecule has 17 nitrogen and oxygen atoms in total. The Bertz CT molecular complexity index is 1800. The summed E-state index contributed by atoms with van der Waals surface area (Å²) in [5, 5.41) is 29.1. The quantitative estimate of drug-likeness (QED) is 0.109. The molecule has 2 aliphatic heterocycles. The van der Waals surface area contributed by atoms with Crippen molar-refractivity contribution in [2.75, 3.05) is 85.4 Å². The molecule has 2 fully saturated rings. The van der Waals surface area contributed by atoms with E-state index in [1.165, 1.54) is 0 Å². The van der Waals surface area contributed by atoms with Crippen LogP contribution in [-0.2, 0) is 33.0 Å². The number of hydrogen-bond acceptors (Lipinski definition) is 12. The van der Waals surface area contributed by atoms with Crippen LogP contribution >= 0.6 is 63.7 Å². The van der Waals surface area contributed by atoms with Gasteiger partial charge in [0.1, 0.15) is 0 Å². The van der Waals surface area contributed by atoms with Gasteiger partial charge in [-0.05, 0) is 99.4 Å². The number of carboxylic acids is 1. The first-order chi connectivity index (χ1) is 30.4. The van der Waals surface area contributed by atoms with Gasteiger partial charge in [0.15, 0.2) is 0 Å². The first-order valence-electron chi connectivity index (χ1n) is 21.2. The molecule has 0 unspecified atom stereocenters. The summed E-state index contributed by atoms with van der Waals surface area (Å²) >= 11 is 13.4. The van der Waals surface area contributed by atoms with Crippen LogP contribution in [0.3, 0.4) is 0 Å². The lowest BCUT2D eigenvalue weighted by Gasteiger charge is -2.31. The number of nitrogens with one attached hydrogen (secondary N) is 4. The monoisotopic (exact) mass is 1150 g/mol. The summed E-state index contributed by atoms with van der Waals surface area (Å²) in [7, 11) is -1.19. The minimum atomic E-state index is -0.899. The molecule has 0 radical (unpaired) electrons. The molecule has 4 rings (SSSR count). The van der Waals surface area contributed by atoms with Gasteiger partial charge in [0.2, 0.25) is 11.8 Å². The van der Waals surface area contributed by atoms with Crippen molar-refractivity contribution in [1.29, 1.82) is 0 Å². The van der Waals surface area contributed by atoms with E-state index in [2.05, 4.69) is 104 Å². The average molecular weight is 1150 g/mol. The van der Waals surface area contributed by atoms with Gasteiger partial charge in [0, 0.05) is 83.6 Å². The number of aliphatic hydroxyl groups excluding tert-OH is 1. The van der Waals surface area contributed by atoms with Crippen molar-refractivity contribution < 1.29 is 52.8 Å². The summed E-state index contributed by atoms with van der Waals surface area (Å²) in [5.41, 5.74) is 0.867. The summed E-state index contributed by atoms with van der Waals surface area (Å²) in [4.78, 5) is 64.9. The van der Waals surface area contributed by atoms with Crippen LogP contribution in [0.25, 0.3) is 0 Å². The van der Waals surface area contributed by atoms with Crippen molar-refractivity contribution in [2.24, 2.45) is 11.8 Å². The van der Waals surface area contributed by atoms with Crippen LogP contribution in [0, 0.1) is 11.8 Å². The number of nitrogens with zero attached hydrogens (tertiary/aromatic N) is 2. The molecule has 354 valence electrons. The maximum absolute atomic E-state index is 12.6. The second-order valence-electron chi connectivity index (χ2n) is 16.0. The summed E-state index contributed by atoms with van der Waals surface area (Å²) in [5.74, 6) is -2.38. The van der Waals surface area contributed by atoms with Crippen molar-refractivity contribution in [3.05, 3.63) is 65.4 Å². The Labute approximate surface area is 410 Å². The van der Waals surface area contributed by atoms with E-state index in [1.54, 1.807) is 35.2 Å². The zero-order valence-electron chi connectivity index (χ0n) is 36.7. The van der Waals surface area contributed by atoms with E-state index in [4.69, 9.17) is 28.8 Å². The van der Waals surface area contributed by atoms with Crippen LogP contribution in [0.2, 0.25) is 0 Å². The molecule has 2 atom stereocenters. The van der Waals surface area contributed by atoms with Gasteiger partial charge in [0.05, 0.1) is 42.6 Å². The van der Waals surface area contributed by atoms with E-state index in [1.807, 2.05) is 19.9 Å². The van der Waals surface area contributed by atoms with Crippen molar-refractivity contribution in [1.82, 2.24) is 31.1 Å². The number of hydrogen-bond donors (Lipinski definition) is 6. The Balaban J connectivity index is 0.000000340. The third-order valence-corrected chi connectivity index (χ3v) is 12.1. The predicted octanol–water partition coefficient (Wildman–Crippen LogP) is 4.16. The number of benzene rings is 2. The molecule has 6 N–H and O–H groups in total. The molecule has 0 aliphatic carbocycles. The fourth-order valence-electron chi connectivity index (χ4n) is 6.71. The SMILES string of the molecule is CC(C)C[C@H](NC(=O)CNC(=O)c1cc(Br)ccc1Br)B1OCCN(CC(=O)O)CCO1.CC(C)C[C@H](NC(=O)CNC(=O)c1cc(Br)ccc1Br)B1OCCN(CCCO)CCO1. The van der Waals surface area contributed by atoms with Gasteiger partial charge in [0.25, 0.3) is 11.8 Å². The van der Waals surface area contributed by atoms with Crippen LogP contribution in [0.1, 0.15) is 67.7 Å². The highest BCUT2D eigenvalue weighted by molar-refractivity contribution is 9.11. The maximum atomic E-state index is 12.6. The summed E-state index contributed by atoms with van der Waals surface area (Å²) in [6, 6.07) is 10.5. The standard InChI is InChI=1S/C21H32BBr2N3O5.C20H28BBr2N3O6/c1-15(2)12-19(22-31-10-7-27(6-3-9-28)8-11-32-22)26-20(29)14-25-21(30)17-13-16(23)4-5-18(17)24;1-13(2)9-17(21-31-7-5-26(6-8-32-21)12-19(28)29)25-18(27)11-24-20(30)15-10-14(22)3-4-16(15)23/h4-5,13,15,19,28H,3,6-12,14H2,1-2H3,(H,25,30)(H,26,29);3-4,10,13,17H,5-9,11-12H2,1-2H3,(H,24,30)(H,25,27)(H,28,29)/t19-;17-/m00/s1. The summed E-state index contributed by atoms with van der Waals surface area (Å²) in [6.07, 6.45) is 2.04. The maximum Gasteiger partial charge on any atom is 0.480 e. The van der Waals surface area contributed by atoms with E-state index in [0.717, 1.165) is 35.0 Å². The molecule has 2 aromatic carbocycles. The van der Waals surface area contributed by atoms with E-state index in [9.17, 15) is 24.0 Å². The number of carboxylic acid groups (broad SMARTS) is 1. The number of amides is 4. The first-order valence-corrected chi connectivity index (χ1v) is 24.4. The van der Waals surface area contributed by atoms with Gasteiger partial charge >= 0.3 is 20.2 Å². The Morgan fingerprint density at radius 3 is 1.41 bits per heavy atom. The number of carbonyl (C=O) groups excluding carboxylic acids is 4. The van der Waals surface area contributed by atoms with Crippen molar-refractivity contribution in [3.8, 4) is 0 Å². The minimum absolute atomic E-state index is 0.0721. The number of aliphatic carboxylic acids is 1. The first kappa shape index (κ1) is 55.9. The van der Waals surface area contributed by atoms with E-state index in [0.29, 0.717) is 65.1 Å². The zero-order valence-corrected chi connectivity index (χ0v) is 43.1. The normalized spacial score (nSPS) is 16.3. The van der Waals surface area contributed by atoms with Crippen LogP contribution in [0.5, 0.6) is 0 Å². The van der Waals surface area contributed by atoms with E-state index in [-0.39, 0.29) is 74.9 Å². The molecular weight excluding hydrogens is 1090 g/mol. The Morgan fingerprint density at radius 2 is 1.05 bits per heavy atom. The average Bonchev–Trinajstić information content (AvgIpc) is 3.20. The third kappa shape index (κ3) is 21.5. The van der Waals surface area contributed by atoms with E-state index >= 15 is 0 Å². The van der Waals surface area contributed by atoms with Crippen LogP contribution < -0.4 is 21.3 Å². The van der Waals surface area contributed by atoms with Gasteiger partial charge in [-0.15, -0.1) is 0 Å². The van der Waals surface area contributed by atoms with Crippen LogP contribution in [-0.4, -0.2) is 161 Å². The largest absolute Gasteiger partial charge is 0.480 e. The Kier molecular flexibility index (Phi) is 26.2. The van der Waals surface area contributed by atoms with E-state index < -0.39 is 26.1 Å². The molecule has 0 spiro atoms. The second kappa shape index (κ2) is 30.0. The van der Waals surface area contributed by atoms with Gasteiger partial charge in [-0.2, -0.15) is 0 Å². The topological polar surface area (TPSA) is 217 Å². The van der Waals surface area contributed by atoms with Crippen molar-refractivity contribution in [2.45, 2.75) is 58.8 Å². The lowest BCUT2D eigenvalue weighted by atomic mass is 9.73. The predicted molar refractivity (Wildman–Crippen MR) is 259 cm³/mol. The highest BCUT2D eigenvalue weighted by Gasteiger charge is 2.35. The van der Waals surface area contributed by atoms with Crippen LogP contribution in [0.4, 0.5) is 0 Å². The fourth-order valence-corrected chi connectivity index (χ4v) is 8.28. The number of carbonyl (C=O) groups is 5. The lowest BCUT2D eigenvalue weighted by Crippen LogP contribution is -2.54. The van der Waals surface area contributed by atoms with Gasteiger partial charge in [-0.25, -0.2) is 0 Å². The fraction of sp³-hybridized carbons (Fsp3) is 0.585. The molecule has 0 aromatic heterocycles. The highest BCUT2D eigenvalue weighted by atomic mass is 79.9. The van der Waals surface area contributed by atoms with Gasteiger partial charge in [-0.1, -0.05) is 59.6 Å². The van der Waals surface area contributed by atoms with Crippen LogP contribution in [0.15, 0.2) is 54.3 Å². The van der Waals surface area contributed by atoms with Crippen molar-refractivity contribution >= 4 is 108 Å². The number of rotatable bonds is 19. The zero-order chi connectivity index (χ0) is 47.2. The molecule has 64 heavy (non-hydrogen) atoms. The Hall–Kier alpha value is -2.44. The molecule has 2 aliphatic rings. The number of halogens is 4. The third-order valence-electron chi connectivity index (χ3n) is 9.72. The molecular formula is C41H60B2Br4N6O11. The van der Waals surface area contributed by atoms with Gasteiger partial charge < -0.3 is 50.1 Å². The molecule has 2 aromatic rings. The lowest BCUT2D eigenvalue weighted by molar-refractivity contribution is -0.138. The van der Waals surface area contributed by atoms with Crippen molar-refractivity contribution in [3.63, 3.8) is 0 Å². The van der Waals surface area contributed by atoms with Gasteiger partial charge in [-0.3, -0.25) is 33.8 Å². The number of aliphatic hydroxyl groups is 1. The summed E-state index contributed by atoms with van der Waals surface area (Å²) in [6.45, 7) is 12.7. The second-order valence-corrected chi connectivity index (χ2v) is 19.6. The molecule has 2 saturated heterocycles.